The number of piperidine rings is 1. The largest absolute Gasteiger partial charge is 0.497 e. The van der Waals surface area contributed by atoms with Crippen molar-refractivity contribution in [1.29, 1.82) is 0 Å². The molecule has 35 heavy (non-hydrogen) atoms. The van der Waals surface area contributed by atoms with Crippen molar-refractivity contribution in [3.8, 4) is 11.5 Å². The van der Waals surface area contributed by atoms with Gasteiger partial charge in [0, 0.05) is 36.8 Å². The van der Waals surface area contributed by atoms with Gasteiger partial charge in [0.15, 0.2) is 0 Å². The van der Waals surface area contributed by atoms with Gasteiger partial charge in [-0.15, -0.1) is 0 Å². The number of halogens is 1. The number of amides is 2. The average Bonchev–Trinajstić information content (AvgIpc) is 2.90. The minimum atomic E-state index is -0.497. The minimum absolute atomic E-state index is 0.0703. The summed E-state index contributed by atoms with van der Waals surface area (Å²) < 4.78 is 24.4. The van der Waals surface area contributed by atoms with E-state index < -0.39 is 11.7 Å². The number of hydrogen-bond donors (Lipinski definition) is 2. The Kier molecular flexibility index (Phi) is 7.45. The van der Waals surface area contributed by atoms with E-state index in [0.29, 0.717) is 54.5 Å². The van der Waals surface area contributed by atoms with Gasteiger partial charge in [-0.3, -0.25) is 9.59 Å². The normalized spacial score (nSPS) is 13.7. The predicted molar refractivity (Wildman–Crippen MR) is 132 cm³/mol. The Morgan fingerprint density at radius 3 is 2.46 bits per heavy atom. The molecule has 0 unspecified atom stereocenters. The molecule has 2 N–H and O–H groups in total. The molecule has 9 heteroatoms. The Balaban J connectivity index is 1.36. The van der Waals surface area contributed by atoms with Gasteiger partial charge in [-0.1, -0.05) is 12.1 Å². The van der Waals surface area contributed by atoms with E-state index in [4.69, 9.17) is 9.47 Å². The standard InChI is InChI=1S/C26H27FN4O4/c1-34-19-7-8-22(23(16-19)35-2)30-25(32)17-10-13-31(14-11-17)24-15-18(9-12-28-24)26(33)29-21-6-4-3-5-20(21)27/h3-9,12,15-17H,10-11,13-14H2,1-2H3,(H,29,33)(H,30,32). The molecule has 1 aliphatic heterocycles. The lowest BCUT2D eigenvalue weighted by atomic mass is 9.95. The van der Waals surface area contributed by atoms with E-state index in [1.165, 1.54) is 12.1 Å². The number of aromatic nitrogens is 1. The minimum Gasteiger partial charge on any atom is -0.497 e. The highest BCUT2D eigenvalue weighted by atomic mass is 19.1. The van der Waals surface area contributed by atoms with Gasteiger partial charge in [0.05, 0.1) is 25.6 Å². The maximum Gasteiger partial charge on any atom is 0.255 e. The fraction of sp³-hybridized carbons (Fsp3) is 0.269. The van der Waals surface area contributed by atoms with Gasteiger partial charge in [0.1, 0.15) is 23.1 Å². The van der Waals surface area contributed by atoms with E-state index in [0.717, 1.165) is 0 Å². The highest BCUT2D eigenvalue weighted by molar-refractivity contribution is 6.04. The zero-order valence-corrected chi connectivity index (χ0v) is 19.6. The van der Waals surface area contributed by atoms with E-state index in [2.05, 4.69) is 15.6 Å². The summed E-state index contributed by atoms with van der Waals surface area (Å²) in [5.74, 6) is 0.672. The molecular weight excluding hydrogens is 451 g/mol. The van der Waals surface area contributed by atoms with Crippen molar-refractivity contribution >= 4 is 29.0 Å². The maximum atomic E-state index is 13.9. The van der Waals surface area contributed by atoms with Crippen LogP contribution in [0.2, 0.25) is 0 Å². The topological polar surface area (TPSA) is 92.8 Å². The Morgan fingerprint density at radius 1 is 0.971 bits per heavy atom. The number of para-hydroxylation sites is 1. The highest BCUT2D eigenvalue weighted by Crippen LogP contribution is 2.31. The Morgan fingerprint density at radius 2 is 1.74 bits per heavy atom. The molecule has 2 heterocycles. The number of nitrogens with one attached hydrogen (secondary N) is 2. The molecule has 1 saturated heterocycles. The molecule has 3 aromatic rings. The monoisotopic (exact) mass is 478 g/mol. The summed E-state index contributed by atoms with van der Waals surface area (Å²) in [6, 6.07) is 14.5. The van der Waals surface area contributed by atoms with Gasteiger partial charge >= 0.3 is 0 Å². The summed E-state index contributed by atoms with van der Waals surface area (Å²) >= 11 is 0. The van der Waals surface area contributed by atoms with Crippen LogP contribution in [0.1, 0.15) is 23.2 Å². The average molecular weight is 479 g/mol. The van der Waals surface area contributed by atoms with Crippen LogP contribution < -0.4 is 25.0 Å². The molecular formula is C26H27FN4O4. The lowest BCUT2D eigenvalue weighted by Crippen LogP contribution is -2.38. The predicted octanol–water partition coefficient (Wildman–Crippen LogP) is 4.35. The molecule has 0 bridgehead atoms. The van der Waals surface area contributed by atoms with Gasteiger partial charge in [-0.05, 0) is 49.2 Å². The third-order valence-electron chi connectivity index (χ3n) is 5.99. The van der Waals surface area contributed by atoms with E-state index in [-0.39, 0.29) is 17.5 Å². The van der Waals surface area contributed by atoms with Crippen molar-refractivity contribution in [2.24, 2.45) is 5.92 Å². The SMILES string of the molecule is COc1ccc(NC(=O)C2CCN(c3cc(C(=O)Nc4ccccc4F)ccn3)CC2)c(OC)c1. The number of carbonyl (C=O) groups is 2. The fourth-order valence-corrected chi connectivity index (χ4v) is 4.00. The van der Waals surface area contributed by atoms with E-state index in [1.54, 1.807) is 62.9 Å². The first-order chi connectivity index (χ1) is 17.0. The van der Waals surface area contributed by atoms with E-state index in [1.807, 2.05) is 4.90 Å². The van der Waals surface area contributed by atoms with Gasteiger partial charge in [0.2, 0.25) is 5.91 Å². The molecule has 0 atom stereocenters. The fourth-order valence-electron chi connectivity index (χ4n) is 4.00. The van der Waals surface area contributed by atoms with Gasteiger partial charge in [-0.2, -0.15) is 0 Å². The number of rotatable bonds is 7. The molecule has 0 radical (unpaired) electrons. The Hall–Kier alpha value is -4.14. The molecule has 182 valence electrons. The number of methoxy groups -OCH3 is 2. The summed E-state index contributed by atoms with van der Waals surface area (Å²) in [6.07, 6.45) is 2.83. The summed E-state index contributed by atoms with van der Waals surface area (Å²) in [6.45, 7) is 1.23. The van der Waals surface area contributed by atoms with Crippen molar-refractivity contribution < 1.29 is 23.5 Å². The number of anilines is 3. The van der Waals surface area contributed by atoms with Crippen LogP contribution in [-0.4, -0.2) is 44.1 Å². The molecule has 4 rings (SSSR count). The van der Waals surface area contributed by atoms with Crippen molar-refractivity contribution in [3.63, 3.8) is 0 Å². The second-order valence-electron chi connectivity index (χ2n) is 8.15. The Bertz CT molecular complexity index is 1210. The van der Waals surface area contributed by atoms with Gasteiger partial charge in [-0.25, -0.2) is 9.37 Å². The van der Waals surface area contributed by atoms with Gasteiger partial charge < -0.3 is 25.0 Å². The van der Waals surface area contributed by atoms with Crippen molar-refractivity contribution in [1.82, 2.24) is 4.98 Å². The molecule has 0 aliphatic carbocycles. The first-order valence-electron chi connectivity index (χ1n) is 11.3. The molecule has 1 aliphatic rings. The van der Waals surface area contributed by atoms with Crippen LogP contribution in [0.25, 0.3) is 0 Å². The van der Waals surface area contributed by atoms with Crippen LogP contribution in [0, 0.1) is 11.7 Å². The van der Waals surface area contributed by atoms with Crippen molar-refractivity contribution in [3.05, 3.63) is 72.2 Å². The number of ether oxygens (including phenoxy) is 2. The number of benzene rings is 2. The zero-order chi connectivity index (χ0) is 24.8. The lowest BCUT2D eigenvalue weighted by molar-refractivity contribution is -0.120. The molecule has 1 aromatic heterocycles. The first-order valence-corrected chi connectivity index (χ1v) is 11.3. The van der Waals surface area contributed by atoms with Crippen LogP contribution >= 0.6 is 0 Å². The second kappa shape index (κ2) is 10.9. The molecule has 8 nitrogen and oxygen atoms in total. The first kappa shape index (κ1) is 24.0. The zero-order valence-electron chi connectivity index (χ0n) is 19.6. The molecule has 2 aromatic carbocycles. The van der Waals surface area contributed by atoms with Crippen LogP contribution in [0.5, 0.6) is 11.5 Å². The number of pyridine rings is 1. The molecule has 0 saturated carbocycles. The van der Waals surface area contributed by atoms with Crippen molar-refractivity contribution in [2.45, 2.75) is 12.8 Å². The van der Waals surface area contributed by atoms with Crippen LogP contribution in [-0.2, 0) is 4.79 Å². The molecule has 0 spiro atoms. The third kappa shape index (κ3) is 5.68. The molecule has 1 fully saturated rings. The Labute approximate surface area is 203 Å². The summed E-state index contributed by atoms with van der Waals surface area (Å²) in [7, 11) is 3.11. The maximum absolute atomic E-state index is 13.9. The van der Waals surface area contributed by atoms with Crippen LogP contribution in [0.4, 0.5) is 21.6 Å². The summed E-state index contributed by atoms with van der Waals surface area (Å²) in [5.41, 5.74) is 1.09. The smallest absolute Gasteiger partial charge is 0.255 e. The number of nitrogens with zero attached hydrogens (tertiary/aromatic N) is 2. The van der Waals surface area contributed by atoms with Gasteiger partial charge in [0.25, 0.3) is 5.91 Å². The number of hydrogen-bond acceptors (Lipinski definition) is 6. The summed E-state index contributed by atoms with van der Waals surface area (Å²) in [4.78, 5) is 31.9. The van der Waals surface area contributed by atoms with Crippen LogP contribution in [0.15, 0.2) is 60.8 Å². The second-order valence-corrected chi connectivity index (χ2v) is 8.15. The lowest BCUT2D eigenvalue weighted by Gasteiger charge is -2.32. The number of carbonyl (C=O) groups excluding carboxylic acids is 2. The van der Waals surface area contributed by atoms with E-state index in [9.17, 15) is 14.0 Å². The highest BCUT2D eigenvalue weighted by Gasteiger charge is 2.26. The van der Waals surface area contributed by atoms with E-state index >= 15 is 0 Å². The van der Waals surface area contributed by atoms with Crippen molar-refractivity contribution in [2.75, 3.05) is 42.8 Å². The van der Waals surface area contributed by atoms with Crippen LogP contribution in [0.3, 0.4) is 0 Å². The molecule has 2 amide bonds. The quantitative estimate of drug-likeness (QED) is 0.525. The summed E-state index contributed by atoms with van der Waals surface area (Å²) in [5, 5.41) is 5.54. The third-order valence-corrected chi connectivity index (χ3v) is 5.99.